The Morgan fingerprint density at radius 1 is 1.12 bits per heavy atom. The third-order valence-electron chi connectivity index (χ3n) is 2.41. The Kier molecular flexibility index (Phi) is 5.29. The third kappa shape index (κ3) is 3.83. The van der Waals surface area contributed by atoms with Crippen LogP contribution in [-0.2, 0) is 0 Å². The molecule has 0 heterocycles. The van der Waals surface area contributed by atoms with E-state index in [1.54, 1.807) is 0 Å². The fourth-order valence-corrected chi connectivity index (χ4v) is 1.64. The van der Waals surface area contributed by atoms with Crippen molar-refractivity contribution in [3.05, 3.63) is 29.8 Å². The highest BCUT2D eigenvalue weighted by molar-refractivity contribution is 5.29. The van der Waals surface area contributed by atoms with E-state index in [0.717, 1.165) is 12.3 Å². The van der Waals surface area contributed by atoms with Crippen molar-refractivity contribution in [3.63, 3.8) is 0 Å². The molecule has 3 nitrogen and oxygen atoms in total. The van der Waals surface area contributed by atoms with Crippen molar-refractivity contribution in [3.8, 4) is 5.75 Å². The molecule has 3 heteroatoms. The first kappa shape index (κ1) is 13.0. The molecule has 0 radical (unpaired) electrons. The fourth-order valence-electron chi connectivity index (χ4n) is 1.64. The Morgan fingerprint density at radius 2 is 1.75 bits per heavy atom. The highest BCUT2D eigenvalue weighted by atomic mass is 16.5. The van der Waals surface area contributed by atoms with Crippen LogP contribution in [-0.4, -0.2) is 26.7 Å². The molecule has 2 N–H and O–H groups in total. The van der Waals surface area contributed by atoms with E-state index in [2.05, 4.69) is 22.8 Å². The van der Waals surface area contributed by atoms with Gasteiger partial charge in [-0.2, -0.15) is 0 Å². The number of likely N-dealkylation sites (N-methyl/N-ethyl adjacent to an activating group) is 2. The van der Waals surface area contributed by atoms with Crippen LogP contribution in [0, 0.1) is 0 Å². The van der Waals surface area contributed by atoms with Crippen LogP contribution < -0.4 is 15.4 Å². The molecule has 1 atom stereocenters. The molecule has 1 aromatic carbocycles. The summed E-state index contributed by atoms with van der Waals surface area (Å²) >= 11 is 0. The lowest BCUT2D eigenvalue weighted by Crippen LogP contribution is -2.27. The zero-order chi connectivity index (χ0) is 12.0. The van der Waals surface area contributed by atoms with Crippen LogP contribution in [0.2, 0.25) is 0 Å². The molecule has 0 aliphatic heterocycles. The first-order chi connectivity index (χ1) is 7.67. The minimum Gasteiger partial charge on any atom is -0.491 e. The quantitative estimate of drug-likeness (QED) is 0.772. The Balaban J connectivity index is 2.69. The molecule has 0 spiro atoms. The monoisotopic (exact) mass is 222 g/mol. The molecule has 0 fully saturated rings. The molecule has 0 aromatic heterocycles. The largest absolute Gasteiger partial charge is 0.491 e. The SMILES string of the molecule is CNCC(NC)c1ccc(OC(C)C)cc1. The molecule has 16 heavy (non-hydrogen) atoms. The maximum Gasteiger partial charge on any atom is 0.119 e. The summed E-state index contributed by atoms with van der Waals surface area (Å²) in [5.74, 6) is 0.929. The summed E-state index contributed by atoms with van der Waals surface area (Å²) in [6.07, 6.45) is 0.225. The summed E-state index contributed by atoms with van der Waals surface area (Å²) in [5, 5.41) is 6.45. The van der Waals surface area contributed by atoms with Crippen molar-refractivity contribution in [2.75, 3.05) is 20.6 Å². The molecule has 0 saturated carbocycles. The fraction of sp³-hybridized carbons (Fsp3) is 0.538. The predicted octanol–water partition coefficient (Wildman–Crippen LogP) is 1.95. The average Bonchev–Trinajstić information content (AvgIpc) is 2.26. The molecule has 1 aromatic rings. The molecule has 0 saturated heterocycles. The zero-order valence-electron chi connectivity index (χ0n) is 10.6. The molecular weight excluding hydrogens is 200 g/mol. The van der Waals surface area contributed by atoms with E-state index in [0.29, 0.717) is 6.04 Å². The maximum atomic E-state index is 5.61. The van der Waals surface area contributed by atoms with Crippen LogP contribution in [0.3, 0.4) is 0 Å². The van der Waals surface area contributed by atoms with Gasteiger partial charge in [0.05, 0.1) is 6.10 Å². The van der Waals surface area contributed by atoms with Gasteiger partial charge in [-0.15, -0.1) is 0 Å². The van der Waals surface area contributed by atoms with Crippen molar-refractivity contribution < 1.29 is 4.74 Å². The Bertz CT molecular complexity index is 295. The molecular formula is C13H22N2O. The number of hydrogen-bond donors (Lipinski definition) is 2. The number of nitrogens with one attached hydrogen (secondary N) is 2. The third-order valence-corrected chi connectivity index (χ3v) is 2.41. The molecule has 1 rings (SSSR count). The van der Waals surface area contributed by atoms with E-state index < -0.39 is 0 Å². The van der Waals surface area contributed by atoms with Gasteiger partial charge in [-0.05, 0) is 45.6 Å². The number of hydrogen-bond acceptors (Lipinski definition) is 3. The summed E-state index contributed by atoms with van der Waals surface area (Å²) in [5.41, 5.74) is 1.27. The number of rotatable bonds is 6. The van der Waals surface area contributed by atoms with Crippen molar-refractivity contribution in [2.24, 2.45) is 0 Å². The summed E-state index contributed by atoms with van der Waals surface area (Å²) in [6, 6.07) is 8.61. The number of benzene rings is 1. The minimum atomic E-state index is 0.225. The van der Waals surface area contributed by atoms with Gasteiger partial charge in [0.1, 0.15) is 5.75 Å². The van der Waals surface area contributed by atoms with E-state index in [1.807, 2.05) is 40.1 Å². The minimum absolute atomic E-state index is 0.225. The van der Waals surface area contributed by atoms with Crippen LogP contribution in [0.5, 0.6) is 5.75 Å². The van der Waals surface area contributed by atoms with Gasteiger partial charge in [-0.25, -0.2) is 0 Å². The summed E-state index contributed by atoms with van der Waals surface area (Å²) in [6.45, 7) is 4.98. The maximum absolute atomic E-state index is 5.61. The molecule has 90 valence electrons. The molecule has 0 aliphatic carbocycles. The van der Waals surface area contributed by atoms with E-state index in [-0.39, 0.29) is 6.10 Å². The molecule has 1 unspecified atom stereocenters. The second kappa shape index (κ2) is 6.51. The average molecular weight is 222 g/mol. The van der Waals surface area contributed by atoms with E-state index in [4.69, 9.17) is 4.74 Å². The predicted molar refractivity (Wildman–Crippen MR) is 67.9 cm³/mol. The van der Waals surface area contributed by atoms with E-state index >= 15 is 0 Å². The van der Waals surface area contributed by atoms with Gasteiger partial charge in [0.15, 0.2) is 0 Å². The summed E-state index contributed by atoms with van der Waals surface area (Å²) in [7, 11) is 3.93. The molecule has 0 amide bonds. The Hall–Kier alpha value is -1.06. The highest BCUT2D eigenvalue weighted by Crippen LogP contribution is 2.18. The lowest BCUT2D eigenvalue weighted by Gasteiger charge is -2.17. The van der Waals surface area contributed by atoms with Crippen molar-refractivity contribution in [1.29, 1.82) is 0 Å². The first-order valence-corrected chi connectivity index (χ1v) is 5.76. The van der Waals surface area contributed by atoms with E-state index in [1.165, 1.54) is 5.56 Å². The standard InChI is InChI=1S/C13H22N2O/c1-10(2)16-12-7-5-11(6-8-12)13(15-4)9-14-3/h5-8,10,13-15H,9H2,1-4H3. The molecule has 0 aliphatic rings. The summed E-state index contributed by atoms with van der Waals surface area (Å²) in [4.78, 5) is 0. The normalized spacial score (nSPS) is 12.8. The van der Waals surface area contributed by atoms with Gasteiger partial charge < -0.3 is 15.4 Å². The van der Waals surface area contributed by atoms with Gasteiger partial charge in [0.2, 0.25) is 0 Å². The van der Waals surface area contributed by atoms with Crippen molar-refractivity contribution in [2.45, 2.75) is 26.0 Å². The topological polar surface area (TPSA) is 33.3 Å². The summed E-state index contributed by atoms with van der Waals surface area (Å²) < 4.78 is 5.61. The van der Waals surface area contributed by atoms with E-state index in [9.17, 15) is 0 Å². The zero-order valence-corrected chi connectivity index (χ0v) is 10.6. The molecule has 0 bridgehead atoms. The number of ether oxygens (including phenoxy) is 1. The van der Waals surface area contributed by atoms with Crippen LogP contribution in [0.4, 0.5) is 0 Å². The van der Waals surface area contributed by atoms with Gasteiger partial charge >= 0.3 is 0 Å². The second-order valence-corrected chi connectivity index (χ2v) is 4.13. The van der Waals surface area contributed by atoms with Crippen LogP contribution in [0.1, 0.15) is 25.5 Å². The van der Waals surface area contributed by atoms with Gasteiger partial charge in [0, 0.05) is 12.6 Å². The first-order valence-electron chi connectivity index (χ1n) is 5.76. The van der Waals surface area contributed by atoms with Crippen LogP contribution in [0.25, 0.3) is 0 Å². The lowest BCUT2D eigenvalue weighted by atomic mass is 10.1. The smallest absolute Gasteiger partial charge is 0.119 e. The van der Waals surface area contributed by atoms with Crippen LogP contribution >= 0.6 is 0 Å². The van der Waals surface area contributed by atoms with Gasteiger partial charge in [-0.1, -0.05) is 12.1 Å². The Morgan fingerprint density at radius 3 is 2.19 bits per heavy atom. The van der Waals surface area contributed by atoms with Crippen molar-refractivity contribution >= 4 is 0 Å². The lowest BCUT2D eigenvalue weighted by molar-refractivity contribution is 0.242. The highest BCUT2D eigenvalue weighted by Gasteiger charge is 2.07. The Labute approximate surface area is 98.2 Å². The van der Waals surface area contributed by atoms with Gasteiger partial charge in [0.25, 0.3) is 0 Å². The second-order valence-electron chi connectivity index (χ2n) is 4.13. The van der Waals surface area contributed by atoms with Crippen molar-refractivity contribution in [1.82, 2.24) is 10.6 Å². The van der Waals surface area contributed by atoms with Crippen LogP contribution in [0.15, 0.2) is 24.3 Å². The van der Waals surface area contributed by atoms with Gasteiger partial charge in [-0.3, -0.25) is 0 Å².